The van der Waals surface area contributed by atoms with Gasteiger partial charge in [-0.3, -0.25) is 0 Å². The molecule has 0 amide bonds. The van der Waals surface area contributed by atoms with E-state index in [2.05, 4.69) is 60.6 Å². The Morgan fingerprint density at radius 1 is 0.889 bits per heavy atom. The van der Waals surface area contributed by atoms with E-state index < -0.39 is 7.92 Å². The highest BCUT2D eigenvalue weighted by atomic mass is 31.1. The summed E-state index contributed by atoms with van der Waals surface area (Å²) in [6.07, 6.45) is 7.60. The number of rotatable bonds is 5. The summed E-state index contributed by atoms with van der Waals surface area (Å²) in [4.78, 5) is 0. The molecule has 1 saturated carbocycles. The van der Waals surface area contributed by atoms with Crippen molar-refractivity contribution in [3.05, 3.63) is 36.8 Å². The number of hydrogen-bond acceptors (Lipinski definition) is 2. The van der Waals surface area contributed by atoms with Gasteiger partial charge in [-0.05, 0) is 64.7 Å². The highest BCUT2D eigenvalue weighted by Crippen LogP contribution is 2.67. The molecule has 0 radical (unpaired) electrons. The summed E-state index contributed by atoms with van der Waals surface area (Å²) in [6.45, 7) is 17.2. The topological polar surface area (TPSA) is 26.3 Å². The Kier molecular flexibility index (Phi) is 6.29. The molecule has 2 nitrogen and oxygen atoms in total. The van der Waals surface area contributed by atoms with E-state index in [1.54, 1.807) is 0 Å². The van der Waals surface area contributed by atoms with Crippen LogP contribution in [0.3, 0.4) is 0 Å². The van der Waals surface area contributed by atoms with E-state index >= 15 is 0 Å². The Balaban J connectivity index is 1.95. The minimum atomic E-state index is -0.569. The largest absolute Gasteiger partial charge is 0.464 e. The first-order valence-electron chi connectivity index (χ1n) is 10.3. The Morgan fingerprint density at radius 2 is 1.41 bits per heavy atom. The van der Waals surface area contributed by atoms with Crippen LogP contribution in [0.1, 0.15) is 67.7 Å². The molecule has 150 valence electrons. The van der Waals surface area contributed by atoms with E-state index in [4.69, 9.17) is 8.83 Å². The minimum absolute atomic E-state index is 0.132. The second-order valence-electron chi connectivity index (χ2n) is 9.89. The molecular formula is C23H36O2P2. The zero-order valence-corrected chi connectivity index (χ0v) is 19.8. The molecule has 0 N–H and O–H groups in total. The lowest BCUT2D eigenvalue weighted by molar-refractivity contribution is 0.522. The van der Waals surface area contributed by atoms with Crippen molar-refractivity contribution in [3.63, 3.8) is 0 Å². The monoisotopic (exact) mass is 406 g/mol. The van der Waals surface area contributed by atoms with E-state index in [0.29, 0.717) is 16.0 Å². The summed E-state index contributed by atoms with van der Waals surface area (Å²) in [5.74, 6) is 0.746. The molecule has 0 aromatic carbocycles. The van der Waals surface area contributed by atoms with Crippen LogP contribution in [0.15, 0.2) is 45.6 Å². The van der Waals surface area contributed by atoms with Gasteiger partial charge in [-0.2, -0.15) is 0 Å². The van der Waals surface area contributed by atoms with Crippen molar-refractivity contribution in [1.29, 1.82) is 0 Å². The molecule has 3 atom stereocenters. The SMILES string of the molecule is CC(C1CCC[C@@H]1P(c1ccco1)c1ccco1)P(C(C)(C)C)C(C)(C)C. The van der Waals surface area contributed by atoms with E-state index in [-0.39, 0.29) is 7.92 Å². The molecule has 1 fully saturated rings. The Morgan fingerprint density at radius 3 is 1.81 bits per heavy atom. The smallest absolute Gasteiger partial charge is 0.133 e. The van der Waals surface area contributed by atoms with Crippen molar-refractivity contribution < 1.29 is 8.83 Å². The van der Waals surface area contributed by atoms with Crippen molar-refractivity contribution in [2.45, 2.75) is 89.4 Å². The molecule has 1 aliphatic carbocycles. The first kappa shape index (κ1) is 21.1. The van der Waals surface area contributed by atoms with Gasteiger partial charge in [0.2, 0.25) is 0 Å². The highest BCUT2D eigenvalue weighted by molar-refractivity contribution is 7.73. The molecule has 2 heterocycles. The van der Waals surface area contributed by atoms with E-state index in [9.17, 15) is 0 Å². The van der Waals surface area contributed by atoms with Gasteiger partial charge < -0.3 is 8.83 Å². The number of furan rings is 2. The van der Waals surface area contributed by atoms with E-state index in [1.165, 1.54) is 19.3 Å². The predicted molar refractivity (Wildman–Crippen MR) is 121 cm³/mol. The van der Waals surface area contributed by atoms with Crippen LogP contribution in [0, 0.1) is 5.92 Å². The van der Waals surface area contributed by atoms with Crippen LogP contribution in [0.25, 0.3) is 0 Å². The second kappa shape index (κ2) is 8.04. The van der Waals surface area contributed by atoms with Crippen molar-refractivity contribution in [2.75, 3.05) is 0 Å². The van der Waals surface area contributed by atoms with Crippen molar-refractivity contribution in [2.24, 2.45) is 5.92 Å². The second-order valence-corrected chi connectivity index (χ2v) is 16.4. The molecule has 27 heavy (non-hydrogen) atoms. The van der Waals surface area contributed by atoms with Gasteiger partial charge in [-0.1, -0.05) is 62.8 Å². The number of hydrogen-bond donors (Lipinski definition) is 0. The first-order chi connectivity index (χ1) is 12.6. The summed E-state index contributed by atoms with van der Waals surface area (Å²) >= 11 is 0. The fraction of sp³-hybridized carbons (Fsp3) is 0.652. The summed E-state index contributed by atoms with van der Waals surface area (Å²) in [6, 6.07) is 8.37. The van der Waals surface area contributed by atoms with Gasteiger partial charge in [0, 0.05) is 7.92 Å². The summed E-state index contributed by atoms with van der Waals surface area (Å²) in [7, 11) is -0.701. The zero-order chi connectivity index (χ0) is 19.8. The lowest BCUT2D eigenvalue weighted by Crippen LogP contribution is -2.37. The fourth-order valence-electron chi connectivity index (χ4n) is 5.52. The van der Waals surface area contributed by atoms with Crippen molar-refractivity contribution in [3.8, 4) is 0 Å². The molecule has 1 aliphatic rings. The molecule has 2 aromatic rings. The predicted octanol–water partition coefficient (Wildman–Crippen LogP) is 6.94. The van der Waals surface area contributed by atoms with E-state index in [1.807, 2.05) is 24.7 Å². The minimum Gasteiger partial charge on any atom is -0.464 e. The normalized spacial score (nSPS) is 22.7. The molecule has 0 bridgehead atoms. The molecule has 3 rings (SSSR count). The van der Waals surface area contributed by atoms with Gasteiger partial charge in [-0.15, -0.1) is 0 Å². The average molecular weight is 406 g/mol. The third-order valence-corrected chi connectivity index (χ3v) is 12.7. The van der Waals surface area contributed by atoms with Gasteiger partial charge in [0.05, 0.1) is 12.5 Å². The summed E-state index contributed by atoms with van der Waals surface area (Å²) < 4.78 is 11.9. The standard InChI is InChI=1S/C23H36O2P2/c1-17(27(22(2,3)4)23(5,6)7)18-11-8-12-19(18)26(20-13-9-15-24-20)21-14-10-16-25-21/h9-10,13-19H,8,11-12H2,1-7H3/t17?,18?,19-/m0/s1. The average Bonchev–Trinajstić information content (AvgIpc) is 3.28. The molecule has 0 spiro atoms. The van der Waals surface area contributed by atoms with Crippen LogP contribution in [-0.2, 0) is 0 Å². The maximum atomic E-state index is 5.93. The maximum Gasteiger partial charge on any atom is 0.133 e. The zero-order valence-electron chi connectivity index (χ0n) is 18.0. The van der Waals surface area contributed by atoms with Gasteiger partial charge in [0.15, 0.2) is 0 Å². The quantitative estimate of drug-likeness (QED) is 0.503. The van der Waals surface area contributed by atoms with Crippen LogP contribution < -0.4 is 11.0 Å². The van der Waals surface area contributed by atoms with Crippen molar-refractivity contribution >= 4 is 26.8 Å². The lowest BCUT2D eigenvalue weighted by atomic mass is 10.0. The van der Waals surface area contributed by atoms with Gasteiger partial charge in [-0.25, -0.2) is 0 Å². The van der Waals surface area contributed by atoms with E-state index in [0.717, 1.165) is 22.6 Å². The van der Waals surface area contributed by atoms with Gasteiger partial charge in [0.25, 0.3) is 0 Å². The third-order valence-electron chi connectivity index (χ3n) is 5.82. The maximum absolute atomic E-state index is 5.93. The molecule has 4 heteroatoms. The molecule has 0 aliphatic heterocycles. The van der Waals surface area contributed by atoms with Crippen molar-refractivity contribution in [1.82, 2.24) is 0 Å². The fourth-order valence-corrected chi connectivity index (χ4v) is 13.8. The van der Waals surface area contributed by atoms with Gasteiger partial charge >= 0.3 is 0 Å². The molecule has 2 aromatic heterocycles. The van der Waals surface area contributed by atoms with Crippen LogP contribution in [0.4, 0.5) is 0 Å². The molecule has 0 saturated heterocycles. The van der Waals surface area contributed by atoms with Crippen LogP contribution in [0.2, 0.25) is 0 Å². The Bertz CT molecular complexity index is 644. The van der Waals surface area contributed by atoms with Crippen LogP contribution in [0.5, 0.6) is 0 Å². The molecule has 2 unspecified atom stereocenters. The summed E-state index contributed by atoms with van der Waals surface area (Å²) in [5, 5.41) is 0.719. The Hall–Kier alpha value is -0.580. The molecular weight excluding hydrogens is 370 g/mol. The highest BCUT2D eigenvalue weighted by Gasteiger charge is 2.47. The van der Waals surface area contributed by atoms with Crippen LogP contribution >= 0.6 is 15.8 Å². The van der Waals surface area contributed by atoms with Gasteiger partial charge in [0.1, 0.15) is 11.0 Å². The Labute approximate surface area is 168 Å². The summed E-state index contributed by atoms with van der Waals surface area (Å²) in [5.41, 5.74) is 3.64. The first-order valence-corrected chi connectivity index (χ1v) is 13.1. The third kappa shape index (κ3) is 4.54. The lowest BCUT2D eigenvalue weighted by Gasteiger charge is -2.48. The van der Waals surface area contributed by atoms with Crippen LogP contribution in [-0.4, -0.2) is 21.6 Å².